The summed E-state index contributed by atoms with van der Waals surface area (Å²) in [5.74, 6) is 0.111. The molecule has 0 radical (unpaired) electrons. The summed E-state index contributed by atoms with van der Waals surface area (Å²) in [7, 11) is 0. The summed E-state index contributed by atoms with van der Waals surface area (Å²) < 4.78 is 10.7. The van der Waals surface area contributed by atoms with E-state index >= 15 is 0 Å². The van der Waals surface area contributed by atoms with Gasteiger partial charge in [-0.25, -0.2) is 4.79 Å². The largest absolute Gasteiger partial charge is 0.484 e. The molecule has 1 aromatic heterocycles. The Labute approximate surface area is 166 Å². The number of hydrogen-bond donors (Lipinski definition) is 1. The van der Waals surface area contributed by atoms with E-state index in [1.165, 1.54) is 6.07 Å². The Balaban J connectivity index is 1.48. The van der Waals surface area contributed by atoms with Crippen molar-refractivity contribution >= 4 is 28.3 Å². The molecule has 3 aromatic carbocycles. The van der Waals surface area contributed by atoms with Crippen molar-refractivity contribution in [1.29, 1.82) is 0 Å². The first-order chi connectivity index (χ1) is 14.2. The van der Waals surface area contributed by atoms with Gasteiger partial charge in [0.1, 0.15) is 11.3 Å². The van der Waals surface area contributed by atoms with E-state index in [9.17, 15) is 9.59 Å². The van der Waals surface area contributed by atoms with Gasteiger partial charge in [0.2, 0.25) is 0 Å². The molecule has 6 nitrogen and oxygen atoms in total. The number of carbonyl (C=O) groups is 1. The maximum Gasteiger partial charge on any atom is 0.336 e. The minimum absolute atomic E-state index is 0.196. The van der Waals surface area contributed by atoms with Crippen LogP contribution in [0.5, 0.6) is 5.75 Å². The van der Waals surface area contributed by atoms with E-state index in [-0.39, 0.29) is 12.5 Å². The first-order valence-electron chi connectivity index (χ1n) is 9.05. The zero-order chi connectivity index (χ0) is 20.1. The molecule has 0 aliphatic rings. The lowest BCUT2D eigenvalue weighted by molar-refractivity contribution is -0.123. The molecule has 4 rings (SSSR count). The van der Waals surface area contributed by atoms with Gasteiger partial charge in [0.25, 0.3) is 5.91 Å². The molecule has 1 amide bonds. The third-order valence-electron chi connectivity index (χ3n) is 4.23. The highest BCUT2D eigenvalue weighted by Gasteiger charge is 2.13. The molecule has 0 saturated heterocycles. The summed E-state index contributed by atoms with van der Waals surface area (Å²) in [5.41, 5.74) is 4.47. The summed E-state index contributed by atoms with van der Waals surface area (Å²) in [6.45, 7) is -0.196. The monoisotopic (exact) mass is 386 g/mol. The fraction of sp³-hybridized carbons (Fsp3) is 0.0435. The minimum Gasteiger partial charge on any atom is -0.484 e. The van der Waals surface area contributed by atoms with Gasteiger partial charge in [-0.2, -0.15) is 0 Å². The SMILES string of the molecule is O=C(COc1ccc2ccc(=O)oc2c1)NN(c1ccccc1)c1ccccc1. The van der Waals surface area contributed by atoms with Crippen molar-refractivity contribution < 1.29 is 13.9 Å². The van der Waals surface area contributed by atoms with Crippen molar-refractivity contribution in [3.63, 3.8) is 0 Å². The topological polar surface area (TPSA) is 71.8 Å². The molecule has 0 aliphatic carbocycles. The van der Waals surface area contributed by atoms with Gasteiger partial charge in [-0.15, -0.1) is 0 Å². The average Bonchev–Trinajstić information content (AvgIpc) is 2.77. The lowest BCUT2D eigenvalue weighted by atomic mass is 10.2. The van der Waals surface area contributed by atoms with E-state index in [1.54, 1.807) is 29.3 Å². The standard InChI is InChI=1S/C23H18N2O4/c26-22(16-28-20-13-11-17-12-14-23(27)29-21(17)15-20)24-25(18-7-3-1-4-8-18)19-9-5-2-6-10-19/h1-15H,16H2,(H,24,26). The molecule has 1 heterocycles. The van der Waals surface area contributed by atoms with Crippen LogP contribution in [0.4, 0.5) is 11.4 Å². The molecule has 6 heteroatoms. The van der Waals surface area contributed by atoms with E-state index in [1.807, 2.05) is 60.7 Å². The molecule has 0 bridgehead atoms. The second-order valence-electron chi connectivity index (χ2n) is 6.28. The van der Waals surface area contributed by atoms with Gasteiger partial charge >= 0.3 is 5.63 Å². The summed E-state index contributed by atoms with van der Waals surface area (Å²) >= 11 is 0. The number of para-hydroxylation sites is 2. The third kappa shape index (κ3) is 4.44. The molecule has 0 atom stereocenters. The van der Waals surface area contributed by atoms with Crippen LogP contribution in [0.15, 0.2) is 100 Å². The number of benzene rings is 3. The van der Waals surface area contributed by atoms with E-state index in [2.05, 4.69) is 5.43 Å². The average molecular weight is 386 g/mol. The van der Waals surface area contributed by atoms with Crippen molar-refractivity contribution in [3.8, 4) is 5.75 Å². The number of amides is 1. The van der Waals surface area contributed by atoms with Gasteiger partial charge in [-0.05, 0) is 42.5 Å². The molecule has 0 fully saturated rings. The first-order valence-corrected chi connectivity index (χ1v) is 9.05. The Morgan fingerprint density at radius 1 is 0.862 bits per heavy atom. The summed E-state index contributed by atoms with van der Waals surface area (Å²) in [4.78, 5) is 23.9. The molecule has 0 unspecified atom stereocenters. The van der Waals surface area contributed by atoms with Crippen molar-refractivity contribution in [1.82, 2.24) is 5.43 Å². The number of nitrogens with zero attached hydrogens (tertiary/aromatic N) is 1. The number of hydrogen-bond acceptors (Lipinski definition) is 5. The fourth-order valence-corrected chi connectivity index (χ4v) is 2.87. The molecule has 0 aliphatic heterocycles. The van der Waals surface area contributed by atoms with Gasteiger partial charge in [0, 0.05) is 17.5 Å². The molecule has 4 aromatic rings. The van der Waals surface area contributed by atoms with Crippen LogP contribution in [-0.2, 0) is 4.79 Å². The quantitative estimate of drug-likeness (QED) is 0.400. The van der Waals surface area contributed by atoms with Crippen LogP contribution in [0.2, 0.25) is 0 Å². The predicted octanol–water partition coefficient (Wildman–Crippen LogP) is 4.04. The van der Waals surface area contributed by atoms with Crippen molar-refractivity contribution in [2.75, 3.05) is 11.6 Å². The molecule has 0 saturated carbocycles. The van der Waals surface area contributed by atoms with Crippen LogP contribution in [-0.4, -0.2) is 12.5 Å². The van der Waals surface area contributed by atoms with Crippen LogP contribution in [0.25, 0.3) is 11.0 Å². The second kappa shape index (κ2) is 8.31. The van der Waals surface area contributed by atoms with Crippen LogP contribution >= 0.6 is 0 Å². The van der Waals surface area contributed by atoms with E-state index in [0.717, 1.165) is 16.8 Å². The number of anilines is 2. The van der Waals surface area contributed by atoms with E-state index in [4.69, 9.17) is 9.15 Å². The minimum atomic E-state index is -0.436. The highest BCUT2D eigenvalue weighted by atomic mass is 16.5. The van der Waals surface area contributed by atoms with Crippen molar-refractivity contribution in [2.45, 2.75) is 0 Å². The Kier molecular flexibility index (Phi) is 5.25. The number of ether oxygens (including phenoxy) is 1. The normalized spacial score (nSPS) is 10.5. The maximum absolute atomic E-state index is 12.5. The number of nitrogens with one attached hydrogen (secondary N) is 1. The molecule has 1 N–H and O–H groups in total. The Hall–Kier alpha value is -4.06. The summed E-state index contributed by atoms with van der Waals surface area (Å²) in [6.07, 6.45) is 0. The van der Waals surface area contributed by atoms with Gasteiger partial charge in [0.05, 0.1) is 11.4 Å². The van der Waals surface area contributed by atoms with Gasteiger partial charge in [-0.3, -0.25) is 15.2 Å². The highest BCUT2D eigenvalue weighted by molar-refractivity contribution is 5.82. The number of rotatable bonds is 6. The lowest BCUT2D eigenvalue weighted by Gasteiger charge is -2.25. The lowest BCUT2D eigenvalue weighted by Crippen LogP contribution is -2.41. The summed E-state index contributed by atoms with van der Waals surface area (Å²) in [5, 5.41) is 2.48. The zero-order valence-corrected chi connectivity index (χ0v) is 15.4. The Morgan fingerprint density at radius 2 is 1.48 bits per heavy atom. The smallest absolute Gasteiger partial charge is 0.336 e. The number of hydrazine groups is 1. The van der Waals surface area contributed by atoms with Crippen LogP contribution in [0.3, 0.4) is 0 Å². The molecule has 0 spiro atoms. The molecular formula is C23H18N2O4. The fourth-order valence-electron chi connectivity index (χ4n) is 2.87. The predicted molar refractivity (Wildman–Crippen MR) is 111 cm³/mol. The molecule has 29 heavy (non-hydrogen) atoms. The highest BCUT2D eigenvalue weighted by Crippen LogP contribution is 2.23. The first kappa shape index (κ1) is 18.3. The summed E-state index contributed by atoms with van der Waals surface area (Å²) in [6, 6.07) is 27.2. The van der Waals surface area contributed by atoms with E-state index < -0.39 is 5.63 Å². The van der Waals surface area contributed by atoms with Crippen LogP contribution < -0.4 is 20.8 Å². The number of fused-ring (bicyclic) bond motifs is 1. The Morgan fingerprint density at radius 3 is 2.14 bits per heavy atom. The van der Waals surface area contributed by atoms with Gasteiger partial charge in [-0.1, -0.05) is 36.4 Å². The zero-order valence-electron chi connectivity index (χ0n) is 15.4. The van der Waals surface area contributed by atoms with Crippen molar-refractivity contribution in [3.05, 3.63) is 101 Å². The molecular weight excluding hydrogens is 368 g/mol. The molecule has 144 valence electrons. The van der Waals surface area contributed by atoms with Gasteiger partial charge < -0.3 is 9.15 Å². The van der Waals surface area contributed by atoms with E-state index in [0.29, 0.717) is 11.3 Å². The van der Waals surface area contributed by atoms with Crippen molar-refractivity contribution in [2.24, 2.45) is 0 Å². The number of carbonyl (C=O) groups excluding carboxylic acids is 1. The second-order valence-corrected chi connectivity index (χ2v) is 6.28. The third-order valence-corrected chi connectivity index (χ3v) is 4.23. The maximum atomic E-state index is 12.5. The van der Waals surface area contributed by atoms with Crippen LogP contribution in [0.1, 0.15) is 0 Å². The Bertz CT molecular complexity index is 1130. The van der Waals surface area contributed by atoms with Crippen LogP contribution in [0, 0.1) is 0 Å². The van der Waals surface area contributed by atoms with Gasteiger partial charge in [0.15, 0.2) is 6.61 Å².